The minimum atomic E-state index is -0.522. The van der Waals surface area contributed by atoms with Crippen molar-refractivity contribution >= 4 is 17.3 Å². The highest BCUT2D eigenvalue weighted by Gasteiger charge is 2.06. The molecule has 0 saturated carbocycles. The van der Waals surface area contributed by atoms with Gasteiger partial charge in [-0.05, 0) is 12.1 Å². The Morgan fingerprint density at radius 3 is 2.75 bits per heavy atom. The number of rotatable bonds is 4. The van der Waals surface area contributed by atoms with Crippen LogP contribution in [0.15, 0.2) is 30.4 Å². The number of halogens is 1. The molecule has 1 aromatic rings. The lowest BCUT2D eigenvalue weighted by molar-refractivity contribution is -0.404. The van der Waals surface area contributed by atoms with Crippen LogP contribution < -0.4 is 5.32 Å². The van der Waals surface area contributed by atoms with E-state index < -0.39 is 4.92 Å². The van der Waals surface area contributed by atoms with E-state index >= 15 is 0 Å². The third-order valence-electron chi connectivity index (χ3n) is 1.71. The van der Waals surface area contributed by atoms with Gasteiger partial charge in [-0.3, -0.25) is 10.1 Å². The summed E-state index contributed by atoms with van der Waals surface area (Å²) in [5.41, 5.74) is 0.631. The zero-order valence-electron chi connectivity index (χ0n) is 8.85. The monoisotopic (exact) mass is 242 g/mol. The molecule has 1 rings (SSSR count). The number of pyridine rings is 1. The van der Waals surface area contributed by atoms with Gasteiger partial charge in [-0.25, -0.2) is 4.98 Å². The molecule has 6 nitrogen and oxygen atoms in total. The van der Waals surface area contributed by atoms with Gasteiger partial charge in [-0.1, -0.05) is 11.6 Å². The predicted molar refractivity (Wildman–Crippen MR) is 61.6 cm³/mol. The molecule has 16 heavy (non-hydrogen) atoms. The molecule has 0 fully saturated rings. The van der Waals surface area contributed by atoms with Gasteiger partial charge in [0.15, 0.2) is 5.82 Å². The summed E-state index contributed by atoms with van der Waals surface area (Å²) in [7, 11) is 3.40. The normalized spacial score (nSPS) is 11.1. The third-order valence-corrected chi connectivity index (χ3v) is 1.93. The topological polar surface area (TPSA) is 71.3 Å². The quantitative estimate of drug-likeness (QED) is 0.495. The lowest BCUT2D eigenvalue weighted by atomic mass is 10.4. The fraction of sp³-hybridized carbons (Fsp3) is 0.222. The summed E-state index contributed by atoms with van der Waals surface area (Å²) in [5.74, 6) is 0.356. The highest BCUT2D eigenvalue weighted by Crippen LogP contribution is 2.12. The van der Waals surface area contributed by atoms with Gasteiger partial charge >= 0.3 is 0 Å². The van der Waals surface area contributed by atoms with Crippen molar-refractivity contribution in [1.29, 1.82) is 0 Å². The molecule has 1 aromatic heterocycles. The number of nitrogens with zero attached hydrogens (tertiary/aromatic N) is 3. The van der Waals surface area contributed by atoms with Crippen molar-refractivity contribution in [3.05, 3.63) is 45.6 Å². The molecule has 0 aliphatic heterocycles. The van der Waals surface area contributed by atoms with Crippen LogP contribution >= 0.6 is 11.6 Å². The molecule has 86 valence electrons. The summed E-state index contributed by atoms with van der Waals surface area (Å²) >= 11 is 5.62. The van der Waals surface area contributed by atoms with Gasteiger partial charge in [-0.15, -0.1) is 0 Å². The van der Waals surface area contributed by atoms with Crippen LogP contribution in [0.5, 0.6) is 0 Å². The first kappa shape index (κ1) is 12.3. The first-order valence-electron chi connectivity index (χ1n) is 4.40. The average Bonchev–Trinajstić information content (AvgIpc) is 2.19. The van der Waals surface area contributed by atoms with Crippen molar-refractivity contribution in [3.8, 4) is 0 Å². The van der Waals surface area contributed by atoms with E-state index in [2.05, 4.69) is 10.3 Å². The minimum absolute atomic E-state index is 0.356. The highest BCUT2D eigenvalue weighted by molar-refractivity contribution is 6.29. The molecule has 0 aliphatic carbocycles. The van der Waals surface area contributed by atoms with Gasteiger partial charge in [0.25, 0.3) is 6.20 Å². The maximum absolute atomic E-state index is 10.4. The minimum Gasteiger partial charge on any atom is -0.359 e. The van der Waals surface area contributed by atoms with Crippen LogP contribution in [0.2, 0.25) is 5.15 Å². The van der Waals surface area contributed by atoms with E-state index in [0.29, 0.717) is 16.7 Å². The molecule has 0 atom stereocenters. The number of hydrogen-bond acceptors (Lipinski definition) is 5. The molecule has 0 saturated heterocycles. The Balaban J connectivity index is 2.84. The lowest BCUT2D eigenvalue weighted by Crippen LogP contribution is -2.19. The molecular weight excluding hydrogens is 232 g/mol. The molecule has 0 bridgehead atoms. The Hall–Kier alpha value is -1.82. The number of hydrogen-bond donors (Lipinski definition) is 1. The van der Waals surface area contributed by atoms with Gasteiger partial charge in [0.2, 0.25) is 0 Å². The van der Waals surface area contributed by atoms with Crippen molar-refractivity contribution in [1.82, 2.24) is 9.88 Å². The second-order valence-corrected chi connectivity index (χ2v) is 3.58. The fourth-order valence-electron chi connectivity index (χ4n) is 0.957. The van der Waals surface area contributed by atoms with Crippen LogP contribution in [0.25, 0.3) is 0 Å². The van der Waals surface area contributed by atoms with Gasteiger partial charge in [0.1, 0.15) is 5.15 Å². The Labute approximate surface area is 97.7 Å². The van der Waals surface area contributed by atoms with Crippen LogP contribution in [0, 0.1) is 10.1 Å². The van der Waals surface area contributed by atoms with Crippen molar-refractivity contribution in [2.24, 2.45) is 0 Å². The van der Waals surface area contributed by atoms with Gasteiger partial charge < -0.3 is 10.2 Å². The summed E-state index contributed by atoms with van der Waals surface area (Å²) in [5, 5.41) is 13.6. The van der Waals surface area contributed by atoms with E-state index in [1.807, 2.05) is 0 Å². The largest absolute Gasteiger partial charge is 0.359 e. The summed E-state index contributed by atoms with van der Waals surface area (Å²) in [4.78, 5) is 15.3. The molecule has 0 amide bonds. The zero-order valence-corrected chi connectivity index (χ0v) is 9.60. The first-order chi connectivity index (χ1) is 7.49. The molecule has 0 spiro atoms. The Kier molecular flexibility index (Phi) is 4.07. The summed E-state index contributed by atoms with van der Waals surface area (Å²) in [6, 6.07) is 3.29. The smallest absolute Gasteiger partial charge is 0.274 e. The maximum atomic E-state index is 10.4. The number of nitrogens with one attached hydrogen (secondary N) is 1. The molecule has 0 aromatic carbocycles. The second kappa shape index (κ2) is 5.32. The maximum Gasteiger partial charge on any atom is 0.274 e. The Morgan fingerprint density at radius 2 is 2.31 bits per heavy atom. The molecular formula is C9H11ClN4O2. The third kappa shape index (κ3) is 3.74. The van der Waals surface area contributed by atoms with Crippen LogP contribution in [-0.2, 0) is 0 Å². The van der Waals surface area contributed by atoms with Gasteiger partial charge in [0.05, 0.1) is 16.8 Å². The van der Waals surface area contributed by atoms with E-state index in [1.165, 1.54) is 6.20 Å². The predicted octanol–water partition coefficient (Wildman–Crippen LogP) is 1.78. The van der Waals surface area contributed by atoms with Crippen molar-refractivity contribution in [2.45, 2.75) is 0 Å². The number of nitro groups is 1. The highest BCUT2D eigenvalue weighted by atomic mass is 35.5. The zero-order chi connectivity index (χ0) is 12.1. The Morgan fingerprint density at radius 1 is 1.62 bits per heavy atom. The van der Waals surface area contributed by atoms with E-state index in [9.17, 15) is 10.1 Å². The van der Waals surface area contributed by atoms with E-state index in [1.54, 1.807) is 31.1 Å². The molecule has 0 unspecified atom stereocenters. The SMILES string of the molecule is CN(C)/C(=C/[N+](=O)[O-])Nc1ccc(Cl)nc1. The second-order valence-electron chi connectivity index (χ2n) is 3.19. The summed E-state index contributed by atoms with van der Waals surface area (Å²) in [6.45, 7) is 0. The molecule has 1 N–H and O–H groups in total. The van der Waals surface area contributed by atoms with Gasteiger partial charge in [0, 0.05) is 14.1 Å². The average molecular weight is 243 g/mol. The molecule has 0 aliphatic rings. The van der Waals surface area contributed by atoms with Crippen molar-refractivity contribution in [2.75, 3.05) is 19.4 Å². The van der Waals surface area contributed by atoms with E-state index in [4.69, 9.17) is 11.6 Å². The molecule has 0 radical (unpaired) electrons. The number of aromatic nitrogens is 1. The van der Waals surface area contributed by atoms with Gasteiger partial charge in [-0.2, -0.15) is 0 Å². The van der Waals surface area contributed by atoms with Crippen molar-refractivity contribution in [3.63, 3.8) is 0 Å². The van der Waals surface area contributed by atoms with Crippen molar-refractivity contribution < 1.29 is 4.92 Å². The fourth-order valence-corrected chi connectivity index (χ4v) is 1.07. The molecule has 7 heteroatoms. The Bertz CT molecular complexity index is 402. The van der Waals surface area contributed by atoms with E-state index in [0.717, 1.165) is 6.20 Å². The van der Waals surface area contributed by atoms with Crippen LogP contribution in [0.4, 0.5) is 5.69 Å². The van der Waals surface area contributed by atoms with Crippen LogP contribution in [0.3, 0.4) is 0 Å². The molecule has 1 heterocycles. The van der Waals surface area contributed by atoms with Crippen LogP contribution in [0.1, 0.15) is 0 Å². The summed E-state index contributed by atoms with van der Waals surface area (Å²) in [6.07, 6.45) is 2.38. The first-order valence-corrected chi connectivity index (χ1v) is 4.78. The summed E-state index contributed by atoms with van der Waals surface area (Å²) < 4.78 is 0. The number of anilines is 1. The van der Waals surface area contributed by atoms with Crippen LogP contribution in [-0.4, -0.2) is 28.9 Å². The lowest BCUT2D eigenvalue weighted by Gasteiger charge is -2.16. The van der Waals surface area contributed by atoms with E-state index in [-0.39, 0.29) is 0 Å². The standard InChI is InChI=1S/C9H11ClN4O2/c1-13(2)9(6-14(15)16)12-7-3-4-8(10)11-5-7/h3-6,12H,1-2H3/b9-6+.